The second kappa shape index (κ2) is 7.75. The van der Waals surface area contributed by atoms with Crippen LogP contribution in [0.2, 0.25) is 5.02 Å². The van der Waals surface area contributed by atoms with Gasteiger partial charge in [0.05, 0.1) is 0 Å². The minimum atomic E-state index is 0.664. The molecule has 1 aliphatic heterocycles. The quantitative estimate of drug-likeness (QED) is 0.862. The van der Waals surface area contributed by atoms with Crippen molar-refractivity contribution in [3.8, 4) is 0 Å². The summed E-state index contributed by atoms with van der Waals surface area (Å²) in [6.07, 6.45) is 0. The van der Waals surface area contributed by atoms with Crippen LogP contribution in [0.3, 0.4) is 0 Å². The van der Waals surface area contributed by atoms with Crippen LogP contribution in [-0.2, 0) is 6.54 Å². The van der Waals surface area contributed by atoms with Crippen LogP contribution >= 0.6 is 23.4 Å². The molecule has 2 nitrogen and oxygen atoms in total. The zero-order chi connectivity index (χ0) is 15.4. The summed E-state index contributed by atoms with van der Waals surface area (Å²) in [6.45, 7) is 13.1. The first-order valence-corrected chi connectivity index (χ1v) is 9.17. The Hall–Kier alpha value is -0.380. The Balaban J connectivity index is 2.01. The number of thioether (sulfide) groups is 1. The molecule has 118 valence electrons. The molecule has 1 aromatic rings. The molecule has 0 saturated carbocycles. The van der Waals surface area contributed by atoms with E-state index in [2.05, 4.69) is 67.9 Å². The van der Waals surface area contributed by atoms with Gasteiger partial charge in [-0.25, -0.2) is 0 Å². The molecule has 1 saturated heterocycles. The van der Waals surface area contributed by atoms with E-state index in [1.54, 1.807) is 0 Å². The predicted molar refractivity (Wildman–Crippen MR) is 96.7 cm³/mol. The topological polar surface area (TPSA) is 15.3 Å². The van der Waals surface area contributed by atoms with Crippen molar-refractivity contribution >= 4 is 29.1 Å². The maximum absolute atomic E-state index is 6.46. The van der Waals surface area contributed by atoms with Gasteiger partial charge < -0.3 is 10.2 Å². The average Bonchev–Trinajstić information content (AvgIpc) is 2.39. The van der Waals surface area contributed by atoms with Crippen molar-refractivity contribution in [3.63, 3.8) is 0 Å². The van der Waals surface area contributed by atoms with Gasteiger partial charge in [0.1, 0.15) is 0 Å². The molecule has 21 heavy (non-hydrogen) atoms. The molecule has 1 fully saturated rings. The number of nitrogens with zero attached hydrogens (tertiary/aromatic N) is 1. The highest BCUT2D eigenvalue weighted by Crippen LogP contribution is 2.30. The Labute approximate surface area is 138 Å². The molecule has 2 atom stereocenters. The van der Waals surface area contributed by atoms with Crippen molar-refractivity contribution in [3.05, 3.63) is 28.8 Å². The summed E-state index contributed by atoms with van der Waals surface area (Å²) in [5, 5.41) is 5.69. The third-order valence-electron chi connectivity index (χ3n) is 3.69. The molecule has 0 bridgehead atoms. The molecule has 2 unspecified atom stereocenters. The van der Waals surface area contributed by atoms with E-state index in [-0.39, 0.29) is 0 Å². The van der Waals surface area contributed by atoms with E-state index in [4.69, 9.17) is 11.6 Å². The fourth-order valence-electron chi connectivity index (χ4n) is 2.76. The molecule has 4 heteroatoms. The SMILES string of the molecule is CC(C)CNCc1ccc(N2CC(C)SC(C)C2)cc1Cl. The minimum Gasteiger partial charge on any atom is -0.369 e. The lowest BCUT2D eigenvalue weighted by molar-refractivity contribution is 0.552. The highest BCUT2D eigenvalue weighted by atomic mass is 35.5. The lowest BCUT2D eigenvalue weighted by Gasteiger charge is -2.36. The van der Waals surface area contributed by atoms with E-state index < -0.39 is 0 Å². The Kier molecular flexibility index (Phi) is 6.27. The second-order valence-electron chi connectivity index (χ2n) is 6.46. The van der Waals surface area contributed by atoms with Gasteiger partial charge in [-0.05, 0) is 30.2 Å². The maximum atomic E-state index is 6.46. The van der Waals surface area contributed by atoms with Gasteiger partial charge in [0.2, 0.25) is 0 Å². The molecule has 0 radical (unpaired) electrons. The van der Waals surface area contributed by atoms with Gasteiger partial charge in [-0.15, -0.1) is 0 Å². The van der Waals surface area contributed by atoms with Crippen LogP contribution in [0.25, 0.3) is 0 Å². The first kappa shape index (κ1) is 17.0. The number of anilines is 1. The van der Waals surface area contributed by atoms with Crippen LogP contribution < -0.4 is 10.2 Å². The molecule has 0 aliphatic carbocycles. The van der Waals surface area contributed by atoms with Crippen molar-refractivity contribution in [1.82, 2.24) is 5.32 Å². The number of nitrogens with one attached hydrogen (secondary N) is 1. The standard InChI is InChI=1S/C17H27ClN2S/c1-12(2)8-19-9-15-5-6-16(7-17(15)18)20-10-13(3)21-14(4)11-20/h5-7,12-14,19H,8-11H2,1-4H3. The van der Waals surface area contributed by atoms with Gasteiger partial charge in [0.15, 0.2) is 0 Å². The predicted octanol–water partition coefficient (Wildman–Crippen LogP) is 4.42. The molecular weight excluding hydrogens is 300 g/mol. The normalized spacial score (nSPS) is 22.9. The van der Waals surface area contributed by atoms with Crippen molar-refractivity contribution in [2.75, 3.05) is 24.5 Å². The number of hydrogen-bond donors (Lipinski definition) is 1. The average molecular weight is 327 g/mol. The van der Waals surface area contributed by atoms with Crippen LogP contribution in [0.15, 0.2) is 18.2 Å². The molecule has 0 aromatic heterocycles. The second-order valence-corrected chi connectivity index (χ2v) is 8.75. The molecule has 1 N–H and O–H groups in total. The first-order valence-electron chi connectivity index (χ1n) is 7.85. The molecule has 1 heterocycles. The summed E-state index contributed by atoms with van der Waals surface area (Å²) in [5.74, 6) is 0.664. The van der Waals surface area contributed by atoms with E-state index in [1.165, 1.54) is 11.3 Å². The summed E-state index contributed by atoms with van der Waals surface area (Å²) >= 11 is 8.54. The fraction of sp³-hybridized carbons (Fsp3) is 0.647. The summed E-state index contributed by atoms with van der Waals surface area (Å²) < 4.78 is 0. The summed E-state index contributed by atoms with van der Waals surface area (Å²) in [5.41, 5.74) is 2.44. The summed E-state index contributed by atoms with van der Waals surface area (Å²) in [6, 6.07) is 6.51. The van der Waals surface area contributed by atoms with Crippen LogP contribution in [0, 0.1) is 5.92 Å². The van der Waals surface area contributed by atoms with Crippen LogP contribution in [-0.4, -0.2) is 30.1 Å². The molecule has 0 spiro atoms. The van der Waals surface area contributed by atoms with Gasteiger partial charge in [-0.2, -0.15) is 11.8 Å². The maximum Gasteiger partial charge on any atom is 0.0471 e. The largest absolute Gasteiger partial charge is 0.369 e. The fourth-order valence-corrected chi connectivity index (χ4v) is 4.33. The van der Waals surface area contributed by atoms with Crippen molar-refractivity contribution < 1.29 is 0 Å². The Bertz CT molecular complexity index is 454. The van der Waals surface area contributed by atoms with Crippen molar-refractivity contribution in [2.45, 2.75) is 44.7 Å². The monoisotopic (exact) mass is 326 g/mol. The smallest absolute Gasteiger partial charge is 0.0471 e. The van der Waals surface area contributed by atoms with Gasteiger partial charge >= 0.3 is 0 Å². The van der Waals surface area contributed by atoms with Gasteiger partial charge in [0.25, 0.3) is 0 Å². The van der Waals surface area contributed by atoms with Crippen molar-refractivity contribution in [1.29, 1.82) is 0 Å². The summed E-state index contributed by atoms with van der Waals surface area (Å²) in [4.78, 5) is 2.46. The number of rotatable bonds is 5. The van der Waals surface area contributed by atoms with Crippen LogP contribution in [0.1, 0.15) is 33.3 Å². The van der Waals surface area contributed by atoms with E-state index >= 15 is 0 Å². The molecule has 1 aromatic carbocycles. The third-order valence-corrected chi connectivity index (χ3v) is 5.27. The lowest BCUT2D eigenvalue weighted by Crippen LogP contribution is -2.40. The van der Waals surface area contributed by atoms with E-state index in [0.29, 0.717) is 16.4 Å². The number of halogens is 1. The Morgan fingerprint density at radius 2 is 1.95 bits per heavy atom. The van der Waals surface area contributed by atoms with E-state index in [9.17, 15) is 0 Å². The first-order chi connectivity index (χ1) is 9.95. The van der Waals surface area contributed by atoms with Crippen LogP contribution in [0.4, 0.5) is 5.69 Å². The lowest BCUT2D eigenvalue weighted by atomic mass is 10.1. The highest BCUT2D eigenvalue weighted by molar-refractivity contribution is 8.00. The summed E-state index contributed by atoms with van der Waals surface area (Å²) in [7, 11) is 0. The van der Waals surface area contributed by atoms with Gasteiger partial charge in [-0.3, -0.25) is 0 Å². The van der Waals surface area contributed by atoms with E-state index in [1.807, 2.05) is 0 Å². The minimum absolute atomic E-state index is 0.664. The number of hydrogen-bond acceptors (Lipinski definition) is 3. The Morgan fingerprint density at radius 1 is 1.29 bits per heavy atom. The van der Waals surface area contributed by atoms with Gasteiger partial charge in [0, 0.05) is 40.8 Å². The zero-order valence-corrected chi connectivity index (χ0v) is 15.1. The van der Waals surface area contributed by atoms with Gasteiger partial charge in [-0.1, -0.05) is 45.4 Å². The molecule has 0 amide bonds. The van der Waals surface area contributed by atoms with Crippen molar-refractivity contribution in [2.24, 2.45) is 5.92 Å². The zero-order valence-electron chi connectivity index (χ0n) is 13.5. The molecular formula is C17H27ClN2S. The molecule has 1 aliphatic rings. The Morgan fingerprint density at radius 3 is 2.52 bits per heavy atom. The van der Waals surface area contributed by atoms with E-state index in [0.717, 1.165) is 31.2 Å². The molecule has 2 rings (SSSR count). The van der Waals surface area contributed by atoms with Crippen LogP contribution in [0.5, 0.6) is 0 Å². The highest BCUT2D eigenvalue weighted by Gasteiger charge is 2.22. The number of benzene rings is 1. The third kappa shape index (κ3) is 5.08.